The molecular formula is C25H27N3O2. The highest BCUT2D eigenvalue weighted by molar-refractivity contribution is 5.96. The molecular weight excluding hydrogens is 374 g/mol. The minimum absolute atomic E-state index is 0.0233. The van der Waals surface area contributed by atoms with Gasteiger partial charge in [0, 0.05) is 39.4 Å². The first-order valence-electron chi connectivity index (χ1n) is 10.4. The molecule has 4 rings (SSSR count). The Morgan fingerprint density at radius 2 is 1.77 bits per heavy atom. The van der Waals surface area contributed by atoms with Crippen molar-refractivity contribution in [3.63, 3.8) is 0 Å². The summed E-state index contributed by atoms with van der Waals surface area (Å²) in [5.41, 5.74) is 4.03. The Kier molecular flexibility index (Phi) is 6.40. The van der Waals surface area contributed by atoms with Crippen molar-refractivity contribution in [1.29, 1.82) is 0 Å². The number of hydrogen-bond acceptors (Lipinski definition) is 4. The molecule has 0 atom stereocenters. The second-order valence-electron chi connectivity index (χ2n) is 7.71. The number of benzene rings is 2. The SMILES string of the molecule is CN1Cc2cccc(c2)CN(Cc2ccccn2)CCCOc2ccccc2C1=O. The molecule has 2 bridgehead atoms. The molecule has 1 amide bonds. The Labute approximate surface area is 177 Å². The molecule has 3 aromatic rings. The fourth-order valence-corrected chi connectivity index (χ4v) is 3.81. The molecule has 30 heavy (non-hydrogen) atoms. The van der Waals surface area contributed by atoms with Crippen LogP contribution in [0, 0.1) is 0 Å². The number of fused-ring (bicyclic) bond motifs is 3. The molecule has 0 saturated heterocycles. The molecule has 2 aromatic carbocycles. The van der Waals surface area contributed by atoms with Crippen molar-refractivity contribution >= 4 is 5.91 Å². The van der Waals surface area contributed by atoms with Crippen LogP contribution in [0.3, 0.4) is 0 Å². The van der Waals surface area contributed by atoms with Gasteiger partial charge in [-0.15, -0.1) is 0 Å². The number of rotatable bonds is 2. The first-order chi connectivity index (χ1) is 14.7. The second-order valence-corrected chi connectivity index (χ2v) is 7.71. The largest absolute Gasteiger partial charge is 0.493 e. The number of nitrogens with zero attached hydrogens (tertiary/aromatic N) is 3. The van der Waals surface area contributed by atoms with E-state index in [1.807, 2.05) is 49.6 Å². The van der Waals surface area contributed by atoms with Crippen LogP contribution in [0.15, 0.2) is 72.9 Å². The third kappa shape index (κ3) is 5.05. The van der Waals surface area contributed by atoms with Gasteiger partial charge in [0.05, 0.1) is 17.9 Å². The van der Waals surface area contributed by atoms with Crippen LogP contribution in [0.4, 0.5) is 0 Å². The zero-order valence-electron chi connectivity index (χ0n) is 17.3. The Bertz CT molecular complexity index is 990. The summed E-state index contributed by atoms with van der Waals surface area (Å²) in [5.74, 6) is 0.626. The Morgan fingerprint density at radius 3 is 2.60 bits per heavy atom. The molecule has 1 aromatic heterocycles. The highest BCUT2D eigenvalue weighted by atomic mass is 16.5. The average Bonchev–Trinajstić information content (AvgIpc) is 2.77. The molecule has 0 radical (unpaired) electrons. The molecule has 0 N–H and O–H groups in total. The predicted octanol–water partition coefficient (Wildman–Crippen LogP) is 4.14. The van der Waals surface area contributed by atoms with Crippen LogP contribution in [0.1, 0.15) is 33.6 Å². The van der Waals surface area contributed by atoms with E-state index in [0.29, 0.717) is 24.5 Å². The number of carbonyl (C=O) groups is 1. The highest BCUT2D eigenvalue weighted by Gasteiger charge is 2.18. The summed E-state index contributed by atoms with van der Waals surface area (Å²) in [7, 11) is 1.84. The highest BCUT2D eigenvalue weighted by Crippen LogP contribution is 2.22. The normalized spacial score (nSPS) is 15.8. The van der Waals surface area contributed by atoms with E-state index in [0.717, 1.165) is 37.3 Å². The minimum atomic E-state index is -0.0233. The van der Waals surface area contributed by atoms with Crippen molar-refractivity contribution in [3.05, 3.63) is 95.3 Å². The number of carbonyl (C=O) groups excluding carboxylic acids is 1. The van der Waals surface area contributed by atoms with Crippen LogP contribution in [-0.4, -0.2) is 40.9 Å². The zero-order chi connectivity index (χ0) is 20.8. The van der Waals surface area contributed by atoms with Crippen molar-refractivity contribution in [2.45, 2.75) is 26.1 Å². The lowest BCUT2D eigenvalue weighted by atomic mass is 10.1. The standard InChI is InChI=1S/C25H27N3O2/c1-27-17-20-8-6-9-21(16-20)18-28(19-22-10-4-5-13-26-22)14-7-15-30-24-12-3-2-11-23(24)25(27)29/h2-6,8-13,16H,7,14-15,17-19H2,1H3. The van der Waals surface area contributed by atoms with Gasteiger partial charge in [-0.05, 0) is 41.8 Å². The molecule has 0 saturated carbocycles. The number of para-hydroxylation sites is 1. The van der Waals surface area contributed by atoms with Gasteiger partial charge in [0.1, 0.15) is 5.75 Å². The van der Waals surface area contributed by atoms with Crippen LogP contribution < -0.4 is 4.74 Å². The summed E-state index contributed by atoms with van der Waals surface area (Å²) >= 11 is 0. The fourth-order valence-electron chi connectivity index (χ4n) is 3.81. The molecule has 154 valence electrons. The molecule has 0 aliphatic carbocycles. The van der Waals surface area contributed by atoms with E-state index in [1.165, 1.54) is 5.56 Å². The minimum Gasteiger partial charge on any atom is -0.493 e. The molecule has 5 heteroatoms. The molecule has 2 heterocycles. The lowest BCUT2D eigenvalue weighted by Crippen LogP contribution is -2.28. The number of hydrogen-bond donors (Lipinski definition) is 0. The lowest BCUT2D eigenvalue weighted by Gasteiger charge is -2.24. The quantitative estimate of drug-likeness (QED) is 0.648. The van der Waals surface area contributed by atoms with E-state index in [4.69, 9.17) is 4.74 Å². The maximum absolute atomic E-state index is 13.0. The van der Waals surface area contributed by atoms with Crippen molar-refractivity contribution < 1.29 is 9.53 Å². The van der Waals surface area contributed by atoms with Gasteiger partial charge in [0.25, 0.3) is 5.91 Å². The predicted molar refractivity (Wildman–Crippen MR) is 117 cm³/mol. The number of ether oxygens (including phenoxy) is 1. The van der Waals surface area contributed by atoms with Crippen molar-refractivity contribution in [3.8, 4) is 5.75 Å². The topological polar surface area (TPSA) is 45.7 Å². The van der Waals surface area contributed by atoms with E-state index in [2.05, 4.69) is 40.2 Å². The summed E-state index contributed by atoms with van der Waals surface area (Å²) < 4.78 is 6.01. The van der Waals surface area contributed by atoms with E-state index in [9.17, 15) is 4.79 Å². The average molecular weight is 402 g/mol. The van der Waals surface area contributed by atoms with Crippen LogP contribution in [-0.2, 0) is 19.6 Å². The van der Waals surface area contributed by atoms with E-state index >= 15 is 0 Å². The van der Waals surface area contributed by atoms with Gasteiger partial charge in [-0.25, -0.2) is 0 Å². The summed E-state index contributed by atoms with van der Waals surface area (Å²) in [6, 6.07) is 22.0. The summed E-state index contributed by atoms with van der Waals surface area (Å²) in [6.45, 7) is 3.63. The number of pyridine rings is 1. The van der Waals surface area contributed by atoms with Crippen LogP contribution in [0.5, 0.6) is 5.75 Å². The van der Waals surface area contributed by atoms with Crippen molar-refractivity contribution in [1.82, 2.24) is 14.8 Å². The van der Waals surface area contributed by atoms with Crippen LogP contribution in [0.2, 0.25) is 0 Å². The first kappa shape index (κ1) is 20.1. The third-order valence-electron chi connectivity index (χ3n) is 5.27. The van der Waals surface area contributed by atoms with Gasteiger partial charge < -0.3 is 9.64 Å². The maximum Gasteiger partial charge on any atom is 0.257 e. The molecule has 0 fully saturated rings. The second kappa shape index (κ2) is 9.55. The van der Waals surface area contributed by atoms with Gasteiger partial charge in [0.15, 0.2) is 0 Å². The van der Waals surface area contributed by atoms with Crippen LogP contribution >= 0.6 is 0 Å². The summed E-state index contributed by atoms with van der Waals surface area (Å²) in [6.07, 6.45) is 2.71. The van der Waals surface area contributed by atoms with Gasteiger partial charge in [0.2, 0.25) is 0 Å². The zero-order valence-corrected chi connectivity index (χ0v) is 17.3. The van der Waals surface area contributed by atoms with E-state index in [-0.39, 0.29) is 5.91 Å². The molecule has 0 spiro atoms. The fraction of sp³-hybridized carbons (Fsp3) is 0.280. The smallest absolute Gasteiger partial charge is 0.257 e. The van der Waals surface area contributed by atoms with Gasteiger partial charge in [-0.1, -0.05) is 42.5 Å². The molecule has 0 unspecified atom stereocenters. The molecule has 5 nitrogen and oxygen atoms in total. The van der Waals surface area contributed by atoms with Gasteiger partial charge >= 0.3 is 0 Å². The lowest BCUT2D eigenvalue weighted by molar-refractivity contribution is 0.0780. The van der Waals surface area contributed by atoms with Crippen molar-refractivity contribution in [2.24, 2.45) is 0 Å². The number of amides is 1. The van der Waals surface area contributed by atoms with Crippen molar-refractivity contribution in [2.75, 3.05) is 20.2 Å². The van der Waals surface area contributed by atoms with E-state index in [1.54, 1.807) is 4.90 Å². The van der Waals surface area contributed by atoms with E-state index < -0.39 is 0 Å². The first-order valence-corrected chi connectivity index (χ1v) is 10.4. The number of aromatic nitrogens is 1. The van der Waals surface area contributed by atoms with Gasteiger partial charge in [-0.2, -0.15) is 0 Å². The van der Waals surface area contributed by atoms with Crippen LogP contribution in [0.25, 0.3) is 0 Å². The maximum atomic E-state index is 13.0. The summed E-state index contributed by atoms with van der Waals surface area (Å²) in [5, 5.41) is 0. The summed E-state index contributed by atoms with van der Waals surface area (Å²) in [4.78, 5) is 21.6. The Balaban J connectivity index is 1.61. The Morgan fingerprint density at radius 1 is 0.967 bits per heavy atom. The molecule has 1 aliphatic rings. The third-order valence-corrected chi connectivity index (χ3v) is 5.27. The Hall–Kier alpha value is -3.18. The molecule has 1 aliphatic heterocycles. The monoisotopic (exact) mass is 401 g/mol. The van der Waals surface area contributed by atoms with Gasteiger partial charge in [-0.3, -0.25) is 14.7 Å².